The molecule has 7 heteroatoms. The van der Waals surface area contributed by atoms with Crippen molar-refractivity contribution in [2.75, 3.05) is 13.1 Å². The minimum absolute atomic E-state index is 0.113. The number of imide groups is 1. The second-order valence-corrected chi connectivity index (χ2v) is 8.62. The fourth-order valence-electron chi connectivity index (χ4n) is 5.34. The minimum atomic E-state index is -0.550. The lowest BCUT2D eigenvalue weighted by atomic mass is 9.95. The maximum absolute atomic E-state index is 12.7. The van der Waals surface area contributed by atoms with Crippen molar-refractivity contribution in [3.05, 3.63) is 34.9 Å². The molecule has 28 heavy (non-hydrogen) atoms. The summed E-state index contributed by atoms with van der Waals surface area (Å²) in [6.07, 6.45) is 3.28. The van der Waals surface area contributed by atoms with Gasteiger partial charge >= 0.3 is 0 Å². The first kappa shape index (κ1) is 17.8. The van der Waals surface area contributed by atoms with E-state index in [0.29, 0.717) is 18.5 Å². The van der Waals surface area contributed by atoms with E-state index in [0.717, 1.165) is 48.6 Å². The number of piperidine rings is 2. The fraction of sp³-hybridized carbons (Fsp3) is 0.571. The van der Waals surface area contributed by atoms with Crippen LogP contribution in [0.1, 0.15) is 47.2 Å². The zero-order valence-corrected chi connectivity index (χ0v) is 15.9. The van der Waals surface area contributed by atoms with Gasteiger partial charge in [-0.05, 0) is 61.4 Å². The first-order valence-corrected chi connectivity index (χ1v) is 10.3. The Morgan fingerprint density at radius 3 is 2.82 bits per heavy atom. The lowest BCUT2D eigenvalue weighted by Gasteiger charge is -2.29. The monoisotopic (exact) mass is 382 g/mol. The number of hydrogen-bond donors (Lipinski definition) is 3. The number of nitrogens with zero attached hydrogens (tertiary/aromatic N) is 1. The summed E-state index contributed by atoms with van der Waals surface area (Å²) in [4.78, 5) is 37.8. The first-order valence-electron chi connectivity index (χ1n) is 10.3. The Bertz CT molecular complexity index is 839. The van der Waals surface area contributed by atoms with Crippen molar-refractivity contribution in [3.8, 4) is 0 Å². The van der Waals surface area contributed by atoms with Crippen molar-refractivity contribution in [2.24, 2.45) is 11.8 Å². The molecular weight excluding hydrogens is 356 g/mol. The van der Waals surface area contributed by atoms with E-state index >= 15 is 0 Å². The van der Waals surface area contributed by atoms with Crippen molar-refractivity contribution in [2.45, 2.75) is 50.9 Å². The third-order valence-corrected chi connectivity index (χ3v) is 6.83. The van der Waals surface area contributed by atoms with Crippen molar-refractivity contribution in [1.82, 2.24) is 20.9 Å². The van der Waals surface area contributed by atoms with Gasteiger partial charge < -0.3 is 15.5 Å². The summed E-state index contributed by atoms with van der Waals surface area (Å²) < 4.78 is 0. The second kappa shape index (κ2) is 6.97. The zero-order chi connectivity index (χ0) is 19.3. The molecule has 3 N–H and O–H groups in total. The van der Waals surface area contributed by atoms with E-state index in [1.807, 2.05) is 12.1 Å². The minimum Gasteiger partial charge on any atom is -0.322 e. The first-order chi connectivity index (χ1) is 13.6. The molecule has 2 saturated heterocycles. The highest BCUT2D eigenvalue weighted by atomic mass is 16.2. The third-order valence-electron chi connectivity index (χ3n) is 6.83. The van der Waals surface area contributed by atoms with E-state index in [2.05, 4.69) is 22.0 Å². The Morgan fingerprint density at radius 1 is 1.18 bits per heavy atom. The number of carbonyl (C=O) groups is 3. The molecule has 2 bridgehead atoms. The molecule has 5 rings (SSSR count). The molecule has 3 fully saturated rings. The smallest absolute Gasteiger partial charge is 0.255 e. The summed E-state index contributed by atoms with van der Waals surface area (Å²) in [5, 5.41) is 9.49. The van der Waals surface area contributed by atoms with Crippen molar-refractivity contribution in [3.63, 3.8) is 0 Å². The molecule has 3 heterocycles. The van der Waals surface area contributed by atoms with Crippen molar-refractivity contribution >= 4 is 17.7 Å². The number of carbonyl (C=O) groups excluding carboxylic acids is 3. The van der Waals surface area contributed by atoms with Gasteiger partial charge in [-0.1, -0.05) is 12.1 Å². The van der Waals surface area contributed by atoms with Gasteiger partial charge in [0.15, 0.2) is 0 Å². The Balaban J connectivity index is 1.20. The topological polar surface area (TPSA) is 90.5 Å². The maximum Gasteiger partial charge on any atom is 0.255 e. The number of benzene rings is 1. The summed E-state index contributed by atoms with van der Waals surface area (Å²) >= 11 is 0. The van der Waals surface area contributed by atoms with Gasteiger partial charge in [0.25, 0.3) is 5.91 Å². The molecule has 1 aromatic rings. The number of hydrogen-bond acceptors (Lipinski definition) is 5. The SMILES string of the molecule is O=C1CCC(N2Cc3cc(CNC[C@@H]4C[C@@H]5C[C@H]4CN5)ccc3C2=O)C(=O)N1. The highest BCUT2D eigenvalue weighted by molar-refractivity contribution is 6.05. The van der Waals surface area contributed by atoms with Crippen LogP contribution in [0.15, 0.2) is 18.2 Å². The van der Waals surface area contributed by atoms with E-state index < -0.39 is 6.04 Å². The van der Waals surface area contributed by atoms with Crippen LogP contribution in [0.25, 0.3) is 0 Å². The second-order valence-electron chi connectivity index (χ2n) is 8.62. The largest absolute Gasteiger partial charge is 0.322 e. The molecule has 3 aliphatic heterocycles. The number of amides is 3. The van der Waals surface area contributed by atoms with Crippen LogP contribution in [0, 0.1) is 11.8 Å². The van der Waals surface area contributed by atoms with Crippen LogP contribution in [-0.4, -0.2) is 47.8 Å². The van der Waals surface area contributed by atoms with E-state index in [1.54, 1.807) is 4.90 Å². The molecule has 4 atom stereocenters. The molecule has 7 nitrogen and oxygen atoms in total. The highest BCUT2D eigenvalue weighted by Crippen LogP contribution is 2.36. The summed E-state index contributed by atoms with van der Waals surface area (Å²) in [7, 11) is 0. The molecule has 0 radical (unpaired) electrons. The molecule has 1 unspecified atom stereocenters. The third kappa shape index (κ3) is 3.12. The lowest BCUT2D eigenvalue weighted by molar-refractivity contribution is -0.136. The quantitative estimate of drug-likeness (QED) is 0.647. The normalized spacial score (nSPS) is 31.4. The van der Waals surface area contributed by atoms with Gasteiger partial charge in [-0.15, -0.1) is 0 Å². The predicted molar refractivity (Wildman–Crippen MR) is 102 cm³/mol. The van der Waals surface area contributed by atoms with Crippen LogP contribution in [-0.2, 0) is 22.7 Å². The van der Waals surface area contributed by atoms with Crippen LogP contribution >= 0.6 is 0 Å². The maximum atomic E-state index is 12.7. The van der Waals surface area contributed by atoms with Gasteiger partial charge in [0.1, 0.15) is 6.04 Å². The van der Waals surface area contributed by atoms with Gasteiger partial charge in [-0.25, -0.2) is 0 Å². The lowest BCUT2D eigenvalue weighted by Crippen LogP contribution is -2.52. The number of fused-ring (bicyclic) bond motifs is 3. The molecule has 0 spiro atoms. The standard InChI is InChI=1S/C21H26N4O3/c26-19-4-3-18(20(27)24-19)25-11-15-5-12(1-2-17(15)21(25)28)8-22-9-13-6-16-7-14(13)10-23-16/h1-2,5,13-14,16,18,22-23H,3-4,6-11H2,(H,24,26,27)/t13-,14-,16+,18?/m0/s1. The molecule has 4 aliphatic rings. The van der Waals surface area contributed by atoms with E-state index in [4.69, 9.17) is 0 Å². The van der Waals surface area contributed by atoms with Crippen LogP contribution in [0.5, 0.6) is 0 Å². The Hall–Kier alpha value is -2.25. The van der Waals surface area contributed by atoms with Crippen LogP contribution in [0.4, 0.5) is 0 Å². The summed E-state index contributed by atoms with van der Waals surface area (Å²) in [6, 6.07) is 6.13. The van der Waals surface area contributed by atoms with Gasteiger partial charge in [-0.2, -0.15) is 0 Å². The zero-order valence-electron chi connectivity index (χ0n) is 15.9. The Labute approximate surface area is 164 Å². The summed E-state index contributed by atoms with van der Waals surface area (Å²) in [6.45, 7) is 3.43. The number of nitrogens with one attached hydrogen (secondary N) is 3. The average Bonchev–Trinajstić information content (AvgIpc) is 3.37. The molecule has 1 aliphatic carbocycles. The summed E-state index contributed by atoms with van der Waals surface area (Å²) in [5.41, 5.74) is 2.81. The Morgan fingerprint density at radius 2 is 2.07 bits per heavy atom. The highest BCUT2D eigenvalue weighted by Gasteiger charge is 2.40. The molecule has 0 aromatic heterocycles. The van der Waals surface area contributed by atoms with Gasteiger partial charge in [0.2, 0.25) is 11.8 Å². The molecule has 3 amide bonds. The number of rotatable bonds is 5. The van der Waals surface area contributed by atoms with E-state index in [9.17, 15) is 14.4 Å². The molecule has 1 saturated carbocycles. The summed E-state index contributed by atoms with van der Waals surface area (Å²) in [5.74, 6) is 0.852. The van der Waals surface area contributed by atoms with Gasteiger partial charge in [-0.3, -0.25) is 19.7 Å². The fourth-order valence-corrected chi connectivity index (χ4v) is 5.34. The molecule has 1 aromatic carbocycles. The van der Waals surface area contributed by atoms with Gasteiger partial charge in [0.05, 0.1) is 0 Å². The predicted octanol–water partition coefficient (Wildman–Crippen LogP) is 0.535. The molecule has 148 valence electrons. The Kier molecular flexibility index (Phi) is 4.44. The average molecular weight is 382 g/mol. The van der Waals surface area contributed by atoms with Crippen molar-refractivity contribution < 1.29 is 14.4 Å². The molecular formula is C21H26N4O3. The van der Waals surface area contributed by atoms with E-state index in [1.165, 1.54) is 12.8 Å². The van der Waals surface area contributed by atoms with E-state index in [-0.39, 0.29) is 24.1 Å². The van der Waals surface area contributed by atoms with Crippen molar-refractivity contribution in [1.29, 1.82) is 0 Å². The van der Waals surface area contributed by atoms with Crippen LogP contribution in [0.3, 0.4) is 0 Å². The van der Waals surface area contributed by atoms with Gasteiger partial charge in [0, 0.05) is 31.1 Å². The van der Waals surface area contributed by atoms with Crippen LogP contribution < -0.4 is 16.0 Å². The van der Waals surface area contributed by atoms with Crippen LogP contribution in [0.2, 0.25) is 0 Å².